The van der Waals surface area contributed by atoms with Crippen molar-refractivity contribution in [1.29, 1.82) is 0 Å². The van der Waals surface area contributed by atoms with Crippen LogP contribution in [0.25, 0.3) is 0 Å². The van der Waals surface area contributed by atoms with Gasteiger partial charge in [-0.15, -0.1) is 0 Å². The summed E-state index contributed by atoms with van der Waals surface area (Å²) in [5, 5.41) is 0. The molecule has 0 unspecified atom stereocenters. The maximum absolute atomic E-state index is 2.14. The molecule has 0 aromatic carbocycles. The van der Waals surface area contributed by atoms with Gasteiger partial charge in [0.05, 0.1) is 0 Å². The molecule has 0 bridgehead atoms. The van der Waals surface area contributed by atoms with E-state index in [1.807, 2.05) is 0 Å². The molecule has 4 heteroatoms. The number of hydrogen-bond donors (Lipinski definition) is 0. The van der Waals surface area contributed by atoms with E-state index >= 15 is 0 Å². The molecule has 0 aliphatic rings. The van der Waals surface area contributed by atoms with Crippen molar-refractivity contribution in [1.82, 2.24) is 0 Å². The van der Waals surface area contributed by atoms with E-state index < -0.39 is 0 Å². The van der Waals surface area contributed by atoms with Gasteiger partial charge in [-0.3, -0.25) is 0 Å². The topological polar surface area (TPSA) is 0 Å². The molecule has 0 rings (SSSR count). The zero-order valence-electron chi connectivity index (χ0n) is 1.50. The molecular weight excluding hydrogens is 127 g/mol. The molecule has 0 N–H and O–H groups in total. The van der Waals surface area contributed by atoms with Crippen molar-refractivity contribution >= 4 is 48.5 Å². The van der Waals surface area contributed by atoms with Gasteiger partial charge in [0.2, 0.25) is 0 Å². The second-order valence-electron chi connectivity index (χ2n) is 0. The molecular formula is H8AlMgSiTi. The van der Waals surface area contributed by atoms with Crippen LogP contribution in [0.3, 0.4) is 0 Å². The average Bonchev–Trinajstić information content (AvgIpc) is 1.00. The molecule has 0 heterocycles. The van der Waals surface area contributed by atoms with Crippen LogP contribution in [-0.4, -0.2) is 48.5 Å². The first-order valence-corrected chi connectivity index (χ1v) is 6.18. The molecule has 0 aliphatic carbocycles. The molecule has 0 amide bonds. The molecule has 0 atom stereocenters. The Balaban J connectivity index is -0.00000000500. The Morgan fingerprint density at radius 2 is 1.25 bits per heavy atom. The quantitative estimate of drug-likeness (QED) is 0.306. The van der Waals surface area contributed by atoms with E-state index in [-0.39, 0.29) is 40.4 Å². The van der Waals surface area contributed by atoms with Gasteiger partial charge in [0, 0.05) is 0 Å². The zero-order chi connectivity index (χ0) is 2.00. The van der Waals surface area contributed by atoms with Crippen LogP contribution >= 0.6 is 0 Å². The van der Waals surface area contributed by atoms with E-state index in [1.54, 1.807) is 0 Å². The third-order valence-corrected chi connectivity index (χ3v) is 0. The number of rotatable bonds is 0. The van der Waals surface area contributed by atoms with E-state index in [4.69, 9.17) is 0 Å². The fourth-order valence-electron chi connectivity index (χ4n) is 0. The Bertz CT molecular complexity index is 8.00. The SMILES string of the molecule is [AlH3].[MgH2].[SiH3][Ti]. The zero-order valence-corrected chi connectivity index (χ0v) is 5.06. The summed E-state index contributed by atoms with van der Waals surface area (Å²) in [5.41, 5.74) is 0. The van der Waals surface area contributed by atoms with Crippen molar-refractivity contribution in [2.24, 2.45) is 0 Å². The standard InChI is InChI=1S/Al.Mg.H3Si.Ti.5H/h;;1H3;;;;;;. The van der Waals surface area contributed by atoms with E-state index in [2.05, 4.69) is 19.7 Å². The Morgan fingerprint density at radius 3 is 1.25 bits per heavy atom. The minimum absolute atomic E-state index is 0. The van der Waals surface area contributed by atoms with Crippen LogP contribution in [0.5, 0.6) is 0 Å². The molecule has 0 aliphatic heterocycles. The Morgan fingerprint density at radius 1 is 1.25 bits per heavy atom. The van der Waals surface area contributed by atoms with Gasteiger partial charge in [0.25, 0.3) is 0 Å². The molecule has 0 aromatic heterocycles. The van der Waals surface area contributed by atoms with E-state index in [9.17, 15) is 0 Å². The summed E-state index contributed by atoms with van der Waals surface area (Å²) in [4.78, 5) is 0. The minimum atomic E-state index is 0. The molecule has 0 nitrogen and oxygen atoms in total. The third kappa shape index (κ3) is 8.87. The summed E-state index contributed by atoms with van der Waals surface area (Å²) in [6, 6.07) is 0. The monoisotopic (exact) mass is 135 g/mol. The fraction of sp³-hybridized carbons (Fsp3) is 0. The van der Waals surface area contributed by atoms with Crippen LogP contribution in [0.15, 0.2) is 0 Å². The van der Waals surface area contributed by atoms with Crippen LogP contribution in [0.4, 0.5) is 0 Å². The summed E-state index contributed by atoms with van der Waals surface area (Å²) >= 11 is 2.14. The maximum atomic E-state index is 2.14. The molecule has 4 heavy (non-hydrogen) atoms. The van der Waals surface area contributed by atoms with Gasteiger partial charge in [-0.1, -0.05) is 0 Å². The van der Waals surface area contributed by atoms with E-state index in [0.717, 1.165) is 0 Å². The first kappa shape index (κ1) is 16.3. The summed E-state index contributed by atoms with van der Waals surface area (Å²) in [5.74, 6) is 0. The van der Waals surface area contributed by atoms with Crippen LogP contribution in [0.2, 0.25) is 0 Å². The predicted octanol–water partition coefficient (Wildman–Crippen LogP) is -3.29. The van der Waals surface area contributed by atoms with Gasteiger partial charge in [0.15, 0.2) is 17.4 Å². The molecule has 0 spiro atoms. The molecule has 0 saturated carbocycles. The Hall–Kier alpha value is 2.23. The van der Waals surface area contributed by atoms with Crippen molar-refractivity contribution in [2.45, 2.75) is 0 Å². The van der Waals surface area contributed by atoms with Crippen LogP contribution < -0.4 is 0 Å². The Kier molecular flexibility index (Phi) is 76.8. The summed E-state index contributed by atoms with van der Waals surface area (Å²) in [6.45, 7) is 0. The second kappa shape index (κ2) is 18.8. The molecule has 0 aromatic rings. The summed E-state index contributed by atoms with van der Waals surface area (Å²) in [6.07, 6.45) is 0. The van der Waals surface area contributed by atoms with Gasteiger partial charge in [-0.05, 0) is 0 Å². The van der Waals surface area contributed by atoms with Gasteiger partial charge in [-0.2, -0.15) is 0 Å². The fourth-order valence-corrected chi connectivity index (χ4v) is 0. The molecule has 0 fully saturated rings. The van der Waals surface area contributed by atoms with Crippen molar-refractivity contribution in [3.63, 3.8) is 0 Å². The van der Waals surface area contributed by atoms with Gasteiger partial charge >= 0.3 is 50.9 Å². The normalized spacial score (nSPS) is 1.75. The summed E-state index contributed by atoms with van der Waals surface area (Å²) < 4.78 is 0. The first-order valence-electron chi connectivity index (χ1n) is 0.500. The molecule has 21 valence electrons. The van der Waals surface area contributed by atoms with Crippen molar-refractivity contribution in [3.05, 3.63) is 0 Å². The molecule has 0 saturated heterocycles. The van der Waals surface area contributed by atoms with Crippen molar-refractivity contribution in [2.75, 3.05) is 0 Å². The Labute approximate surface area is 67.4 Å². The van der Waals surface area contributed by atoms with Crippen LogP contribution in [0.1, 0.15) is 0 Å². The van der Waals surface area contributed by atoms with Gasteiger partial charge < -0.3 is 0 Å². The van der Waals surface area contributed by atoms with Crippen molar-refractivity contribution < 1.29 is 19.7 Å². The van der Waals surface area contributed by atoms with Crippen LogP contribution in [-0.2, 0) is 19.7 Å². The van der Waals surface area contributed by atoms with Gasteiger partial charge in [-0.25, -0.2) is 0 Å². The number of hydrogen-bond acceptors (Lipinski definition) is 0. The van der Waals surface area contributed by atoms with Crippen molar-refractivity contribution in [3.8, 4) is 0 Å². The predicted molar refractivity (Wildman–Crippen MR) is 28.4 cm³/mol. The van der Waals surface area contributed by atoms with Gasteiger partial charge in [0.1, 0.15) is 0 Å². The second-order valence-corrected chi connectivity index (χ2v) is 0. The van der Waals surface area contributed by atoms with E-state index in [1.165, 1.54) is 8.11 Å². The third-order valence-electron chi connectivity index (χ3n) is 0. The van der Waals surface area contributed by atoms with Crippen LogP contribution in [0, 0.1) is 0 Å². The van der Waals surface area contributed by atoms with E-state index in [0.29, 0.717) is 0 Å². The molecule has 0 radical (unpaired) electrons. The average molecular weight is 135 g/mol. The first-order chi connectivity index (χ1) is 1.00. The summed E-state index contributed by atoms with van der Waals surface area (Å²) in [7, 11) is 1.31.